The van der Waals surface area contributed by atoms with Crippen LogP contribution in [0.4, 0.5) is 13.2 Å². The van der Waals surface area contributed by atoms with Crippen LogP contribution in [0.5, 0.6) is 11.6 Å². The van der Waals surface area contributed by atoms with Gasteiger partial charge < -0.3 is 4.74 Å². The molecular formula is C14H13ClF3N3O3. The van der Waals surface area contributed by atoms with E-state index < -0.39 is 23.4 Å². The lowest BCUT2D eigenvalue weighted by atomic mass is 10.2. The quantitative estimate of drug-likeness (QED) is 0.825. The summed E-state index contributed by atoms with van der Waals surface area (Å²) in [5.41, 5.74) is 0.979. The first kappa shape index (κ1) is 18.1. The largest absolute Gasteiger partial charge is 0.436 e. The molecule has 1 amide bonds. The summed E-state index contributed by atoms with van der Waals surface area (Å²) >= 11 is 5.61. The molecule has 0 aliphatic rings. The lowest BCUT2D eigenvalue weighted by Gasteiger charge is -2.13. The number of hydrogen-bond donors (Lipinski definition) is 1. The second-order valence-electron chi connectivity index (χ2n) is 4.63. The van der Waals surface area contributed by atoms with Gasteiger partial charge in [-0.3, -0.25) is 14.3 Å². The number of aryl methyl sites for hydroxylation is 1. The molecular weight excluding hydrogens is 351 g/mol. The third-order valence-corrected chi connectivity index (χ3v) is 3.04. The Balaban J connectivity index is 2.37. The number of carbonyl (C=O) groups excluding carboxylic acids is 1. The predicted octanol–water partition coefficient (Wildman–Crippen LogP) is 3.57. The molecule has 0 radical (unpaired) electrons. The maximum Gasteiger partial charge on any atom is 0.420 e. The van der Waals surface area contributed by atoms with Gasteiger partial charge in [-0.05, 0) is 25.1 Å². The molecule has 0 aliphatic heterocycles. The van der Waals surface area contributed by atoms with Crippen LogP contribution in [0, 0.1) is 0 Å². The number of rotatable bonds is 5. The molecule has 2 rings (SSSR count). The van der Waals surface area contributed by atoms with Crippen molar-refractivity contribution < 1.29 is 27.5 Å². The van der Waals surface area contributed by atoms with Crippen molar-refractivity contribution in [3.63, 3.8) is 0 Å². The van der Waals surface area contributed by atoms with Crippen molar-refractivity contribution in [1.29, 1.82) is 0 Å². The number of alkyl halides is 3. The van der Waals surface area contributed by atoms with Crippen molar-refractivity contribution in [1.82, 2.24) is 15.3 Å². The zero-order chi connectivity index (χ0) is 17.9. The van der Waals surface area contributed by atoms with E-state index in [1.54, 1.807) is 6.92 Å². The zero-order valence-corrected chi connectivity index (χ0v) is 13.4. The highest BCUT2D eigenvalue weighted by molar-refractivity contribution is 6.30. The monoisotopic (exact) mass is 363 g/mol. The van der Waals surface area contributed by atoms with E-state index in [1.807, 2.05) is 0 Å². The molecule has 1 aromatic carbocycles. The molecule has 0 fully saturated rings. The van der Waals surface area contributed by atoms with Crippen LogP contribution in [0.25, 0.3) is 0 Å². The van der Waals surface area contributed by atoms with Gasteiger partial charge in [0, 0.05) is 18.3 Å². The smallest absolute Gasteiger partial charge is 0.420 e. The standard InChI is InChI=1S/C14H13ClF3N3O3/c1-3-23-20-12(22)9-7-21(2)19-13(9)24-11-5-4-8(15)6-10(11)14(16,17)18/h4-7H,3H2,1-2H3,(H,20,22). The number of hydroxylamine groups is 1. The van der Waals surface area contributed by atoms with Gasteiger partial charge in [0.05, 0.1) is 12.2 Å². The number of nitrogens with one attached hydrogen (secondary N) is 1. The van der Waals surface area contributed by atoms with Gasteiger partial charge in [-0.2, -0.15) is 13.2 Å². The van der Waals surface area contributed by atoms with Gasteiger partial charge in [0.2, 0.25) is 0 Å². The number of carbonyl (C=O) groups is 1. The lowest BCUT2D eigenvalue weighted by Crippen LogP contribution is -2.23. The van der Waals surface area contributed by atoms with Crippen LogP contribution in [-0.2, 0) is 18.1 Å². The number of ether oxygens (including phenoxy) is 1. The van der Waals surface area contributed by atoms with Crippen molar-refractivity contribution in [3.8, 4) is 11.6 Å². The Morgan fingerprint density at radius 1 is 1.42 bits per heavy atom. The summed E-state index contributed by atoms with van der Waals surface area (Å²) in [6.45, 7) is 1.88. The van der Waals surface area contributed by atoms with Gasteiger partial charge in [-0.25, -0.2) is 5.48 Å². The van der Waals surface area contributed by atoms with Crippen LogP contribution in [0.3, 0.4) is 0 Å². The number of aromatic nitrogens is 2. The molecule has 1 N–H and O–H groups in total. The Morgan fingerprint density at radius 3 is 2.75 bits per heavy atom. The maximum atomic E-state index is 13.1. The molecule has 2 aromatic rings. The summed E-state index contributed by atoms with van der Waals surface area (Å²) in [6.07, 6.45) is -3.38. The predicted molar refractivity (Wildman–Crippen MR) is 78.8 cm³/mol. The molecule has 0 unspecified atom stereocenters. The van der Waals surface area contributed by atoms with Gasteiger partial charge in [0.15, 0.2) is 0 Å². The van der Waals surface area contributed by atoms with Gasteiger partial charge in [0.1, 0.15) is 11.3 Å². The molecule has 24 heavy (non-hydrogen) atoms. The summed E-state index contributed by atoms with van der Waals surface area (Å²) in [5, 5.41) is 3.77. The van der Waals surface area contributed by atoms with Crippen molar-refractivity contribution in [2.24, 2.45) is 7.05 Å². The fourth-order valence-electron chi connectivity index (χ4n) is 1.81. The van der Waals surface area contributed by atoms with E-state index in [0.29, 0.717) is 0 Å². The van der Waals surface area contributed by atoms with Gasteiger partial charge in [0.25, 0.3) is 11.8 Å². The number of amides is 1. The summed E-state index contributed by atoms with van der Waals surface area (Å²) < 4.78 is 45.7. The van der Waals surface area contributed by atoms with Gasteiger partial charge in [-0.15, -0.1) is 5.10 Å². The van der Waals surface area contributed by atoms with Crippen molar-refractivity contribution in [3.05, 3.63) is 40.5 Å². The van der Waals surface area contributed by atoms with Crippen LogP contribution < -0.4 is 10.2 Å². The minimum Gasteiger partial charge on any atom is -0.436 e. The minimum absolute atomic E-state index is 0.0750. The second kappa shape index (κ2) is 7.10. The average molecular weight is 364 g/mol. The van der Waals surface area contributed by atoms with E-state index in [9.17, 15) is 18.0 Å². The van der Waals surface area contributed by atoms with E-state index in [-0.39, 0.29) is 23.1 Å². The van der Waals surface area contributed by atoms with Crippen LogP contribution in [-0.4, -0.2) is 22.3 Å². The van der Waals surface area contributed by atoms with E-state index in [1.165, 1.54) is 24.0 Å². The molecule has 0 aliphatic carbocycles. The van der Waals surface area contributed by atoms with Crippen molar-refractivity contribution in [2.75, 3.05) is 6.61 Å². The Kier molecular flexibility index (Phi) is 5.35. The van der Waals surface area contributed by atoms with Crippen molar-refractivity contribution >= 4 is 17.5 Å². The highest BCUT2D eigenvalue weighted by Crippen LogP contribution is 2.39. The molecule has 10 heteroatoms. The first-order valence-electron chi connectivity index (χ1n) is 6.72. The highest BCUT2D eigenvalue weighted by atomic mass is 35.5. The summed E-state index contributed by atoms with van der Waals surface area (Å²) in [4.78, 5) is 16.7. The van der Waals surface area contributed by atoms with E-state index in [4.69, 9.17) is 21.2 Å². The van der Waals surface area contributed by atoms with E-state index >= 15 is 0 Å². The van der Waals surface area contributed by atoms with Crippen LogP contribution in [0.1, 0.15) is 22.8 Å². The number of halogens is 4. The highest BCUT2D eigenvalue weighted by Gasteiger charge is 2.35. The summed E-state index contributed by atoms with van der Waals surface area (Å²) in [5.74, 6) is -1.50. The molecule has 0 saturated heterocycles. The average Bonchev–Trinajstić information content (AvgIpc) is 2.86. The normalized spacial score (nSPS) is 11.4. The maximum absolute atomic E-state index is 13.1. The number of hydrogen-bond acceptors (Lipinski definition) is 4. The minimum atomic E-state index is -4.68. The van der Waals surface area contributed by atoms with Gasteiger partial charge >= 0.3 is 6.18 Å². The molecule has 1 aromatic heterocycles. The first-order valence-corrected chi connectivity index (χ1v) is 7.10. The fourth-order valence-corrected chi connectivity index (χ4v) is 1.98. The Labute approximate surface area is 140 Å². The third kappa shape index (κ3) is 4.18. The summed E-state index contributed by atoms with van der Waals surface area (Å²) in [6, 6.07) is 3.04. The van der Waals surface area contributed by atoms with Gasteiger partial charge in [-0.1, -0.05) is 11.6 Å². The molecule has 0 spiro atoms. The number of benzene rings is 1. The van der Waals surface area contributed by atoms with Crippen LogP contribution in [0.2, 0.25) is 5.02 Å². The molecule has 1 heterocycles. The molecule has 0 bridgehead atoms. The zero-order valence-electron chi connectivity index (χ0n) is 12.6. The molecule has 130 valence electrons. The van der Waals surface area contributed by atoms with Crippen LogP contribution >= 0.6 is 11.6 Å². The SMILES string of the molecule is CCONC(=O)c1cn(C)nc1Oc1ccc(Cl)cc1C(F)(F)F. The topological polar surface area (TPSA) is 65.4 Å². The van der Waals surface area contributed by atoms with Crippen LogP contribution in [0.15, 0.2) is 24.4 Å². The molecule has 6 nitrogen and oxygen atoms in total. The Bertz CT molecular complexity index is 747. The lowest BCUT2D eigenvalue weighted by molar-refractivity contribution is -0.138. The fraction of sp³-hybridized carbons (Fsp3) is 0.286. The number of nitrogens with zero attached hydrogens (tertiary/aromatic N) is 2. The second-order valence-corrected chi connectivity index (χ2v) is 5.06. The Hall–Kier alpha value is -2.26. The molecule has 0 saturated carbocycles. The summed E-state index contributed by atoms with van der Waals surface area (Å²) in [7, 11) is 1.50. The van der Waals surface area contributed by atoms with E-state index in [2.05, 4.69) is 10.6 Å². The first-order chi connectivity index (χ1) is 11.2. The third-order valence-electron chi connectivity index (χ3n) is 2.80. The Morgan fingerprint density at radius 2 is 2.12 bits per heavy atom. The van der Waals surface area contributed by atoms with Crippen molar-refractivity contribution in [2.45, 2.75) is 13.1 Å². The molecule has 0 atom stereocenters. The van der Waals surface area contributed by atoms with E-state index in [0.717, 1.165) is 12.1 Å².